The normalized spacial score (nSPS) is 13.5. The Hall–Kier alpha value is -4.81. The van der Waals surface area contributed by atoms with Crippen molar-refractivity contribution in [1.29, 1.82) is 0 Å². The molecule has 2 heterocycles. The highest BCUT2D eigenvalue weighted by Crippen LogP contribution is 2.16. The summed E-state index contributed by atoms with van der Waals surface area (Å²) in [6.45, 7) is 3.67. The molecule has 12 heteroatoms. The van der Waals surface area contributed by atoms with Crippen LogP contribution in [0.2, 0.25) is 0 Å². The molecule has 0 fully saturated rings. The Labute approximate surface area is 278 Å². The maximum Gasteiger partial charge on any atom is 0.408 e. The Morgan fingerprint density at radius 3 is 2.06 bits per heavy atom. The Kier molecular flexibility index (Phi) is 13.7. The molecule has 0 spiro atoms. The van der Waals surface area contributed by atoms with E-state index in [1.54, 1.807) is 36.1 Å². The summed E-state index contributed by atoms with van der Waals surface area (Å²) in [6.07, 6.45) is 1.62. The molecule has 0 bridgehead atoms. The SMILES string of the molecule is CC(C)C(NC(=O)OCc1ccccn1)C(=O)NC(Cc1ccccc1)CC(O)C(Cc1ccccc1)NC(=O)OCc1cncs1. The highest BCUT2D eigenvalue weighted by atomic mass is 32.1. The number of aliphatic hydroxyl groups excluding tert-OH is 1. The third-order valence-electron chi connectivity index (χ3n) is 7.39. The molecule has 2 aromatic heterocycles. The van der Waals surface area contributed by atoms with E-state index in [-0.39, 0.29) is 25.6 Å². The summed E-state index contributed by atoms with van der Waals surface area (Å²) >= 11 is 1.37. The van der Waals surface area contributed by atoms with E-state index >= 15 is 0 Å². The number of hydrogen-bond acceptors (Lipinski definition) is 9. The van der Waals surface area contributed by atoms with Crippen molar-refractivity contribution < 1.29 is 29.0 Å². The van der Waals surface area contributed by atoms with E-state index < -0.39 is 42.3 Å². The van der Waals surface area contributed by atoms with Crippen LogP contribution >= 0.6 is 11.3 Å². The lowest BCUT2D eigenvalue weighted by Gasteiger charge is -2.30. The first-order chi connectivity index (χ1) is 22.8. The van der Waals surface area contributed by atoms with Gasteiger partial charge in [0, 0.05) is 18.4 Å². The Morgan fingerprint density at radius 1 is 0.809 bits per heavy atom. The van der Waals surface area contributed by atoms with Crippen molar-refractivity contribution in [3.05, 3.63) is 118 Å². The van der Waals surface area contributed by atoms with Crippen LogP contribution in [0.25, 0.3) is 0 Å². The number of aliphatic hydroxyl groups is 1. The number of carbonyl (C=O) groups is 3. The Bertz CT molecular complexity index is 1510. The summed E-state index contributed by atoms with van der Waals surface area (Å²) in [4.78, 5) is 48.0. The fraction of sp³-hybridized carbons (Fsp3) is 0.343. The molecule has 0 saturated heterocycles. The zero-order valence-electron chi connectivity index (χ0n) is 26.5. The van der Waals surface area contributed by atoms with Crippen molar-refractivity contribution in [2.75, 3.05) is 0 Å². The second-order valence-corrected chi connectivity index (χ2v) is 12.4. The molecule has 0 saturated carbocycles. The van der Waals surface area contributed by atoms with Gasteiger partial charge in [0.1, 0.15) is 19.3 Å². The average molecular weight is 660 g/mol. The van der Waals surface area contributed by atoms with E-state index in [2.05, 4.69) is 25.9 Å². The van der Waals surface area contributed by atoms with E-state index in [1.165, 1.54) is 11.3 Å². The summed E-state index contributed by atoms with van der Waals surface area (Å²) < 4.78 is 10.7. The van der Waals surface area contributed by atoms with Crippen molar-refractivity contribution in [3.63, 3.8) is 0 Å². The average Bonchev–Trinajstić information content (AvgIpc) is 3.60. The minimum Gasteiger partial charge on any atom is -0.444 e. The van der Waals surface area contributed by atoms with Gasteiger partial charge in [0.15, 0.2) is 0 Å². The summed E-state index contributed by atoms with van der Waals surface area (Å²) in [5.41, 5.74) is 4.10. The molecule has 4 aromatic rings. The first-order valence-corrected chi connectivity index (χ1v) is 16.3. The molecule has 3 amide bonds. The molecule has 0 aliphatic rings. The van der Waals surface area contributed by atoms with Crippen LogP contribution in [0, 0.1) is 5.92 Å². The van der Waals surface area contributed by atoms with Crippen molar-refractivity contribution in [3.8, 4) is 0 Å². The van der Waals surface area contributed by atoms with Crippen molar-refractivity contribution in [1.82, 2.24) is 25.9 Å². The van der Waals surface area contributed by atoms with Gasteiger partial charge >= 0.3 is 12.2 Å². The van der Waals surface area contributed by atoms with Crippen LogP contribution < -0.4 is 16.0 Å². The van der Waals surface area contributed by atoms with E-state index in [0.717, 1.165) is 16.0 Å². The second-order valence-electron chi connectivity index (χ2n) is 11.4. The van der Waals surface area contributed by atoms with Gasteiger partial charge in [0.2, 0.25) is 5.91 Å². The number of nitrogens with one attached hydrogen (secondary N) is 3. The Balaban J connectivity index is 1.45. The van der Waals surface area contributed by atoms with Crippen LogP contribution in [-0.2, 0) is 40.3 Å². The number of pyridine rings is 1. The monoisotopic (exact) mass is 659 g/mol. The fourth-order valence-corrected chi connectivity index (χ4v) is 5.47. The number of benzene rings is 2. The van der Waals surface area contributed by atoms with Crippen LogP contribution in [0.3, 0.4) is 0 Å². The molecular weight excluding hydrogens is 618 g/mol. The molecule has 11 nitrogen and oxygen atoms in total. The quantitative estimate of drug-likeness (QED) is 0.134. The van der Waals surface area contributed by atoms with Gasteiger partial charge in [-0.3, -0.25) is 14.8 Å². The van der Waals surface area contributed by atoms with Gasteiger partial charge in [-0.2, -0.15) is 0 Å². The molecular formula is C35H41N5O6S. The van der Waals surface area contributed by atoms with E-state index in [4.69, 9.17) is 9.47 Å². The lowest BCUT2D eigenvalue weighted by atomic mass is 9.93. The summed E-state index contributed by atoms with van der Waals surface area (Å²) in [5, 5.41) is 20.1. The lowest BCUT2D eigenvalue weighted by Crippen LogP contribution is -2.54. The van der Waals surface area contributed by atoms with E-state index in [9.17, 15) is 19.5 Å². The molecule has 4 unspecified atom stereocenters. The topological polar surface area (TPSA) is 152 Å². The van der Waals surface area contributed by atoms with Gasteiger partial charge in [0.05, 0.1) is 28.2 Å². The molecule has 4 N–H and O–H groups in total. The largest absolute Gasteiger partial charge is 0.444 e. The molecule has 2 aromatic carbocycles. The summed E-state index contributed by atoms with van der Waals surface area (Å²) in [6, 6.07) is 22.2. The highest BCUT2D eigenvalue weighted by molar-refractivity contribution is 7.09. The van der Waals surface area contributed by atoms with Crippen molar-refractivity contribution in [2.24, 2.45) is 5.92 Å². The first kappa shape index (κ1) is 35.1. The number of ether oxygens (including phenoxy) is 2. The van der Waals surface area contributed by atoms with Gasteiger partial charge < -0.3 is 30.5 Å². The van der Waals surface area contributed by atoms with Gasteiger partial charge in [-0.25, -0.2) is 9.59 Å². The van der Waals surface area contributed by atoms with Crippen LogP contribution in [0.1, 0.15) is 42.0 Å². The summed E-state index contributed by atoms with van der Waals surface area (Å²) in [5.74, 6) is -0.681. The van der Waals surface area contributed by atoms with Crippen LogP contribution in [-0.4, -0.2) is 57.4 Å². The molecule has 248 valence electrons. The van der Waals surface area contributed by atoms with Gasteiger partial charge in [-0.15, -0.1) is 11.3 Å². The third-order valence-corrected chi connectivity index (χ3v) is 8.15. The first-order valence-electron chi connectivity index (χ1n) is 15.5. The third kappa shape index (κ3) is 12.1. The van der Waals surface area contributed by atoms with E-state index in [0.29, 0.717) is 18.5 Å². The summed E-state index contributed by atoms with van der Waals surface area (Å²) in [7, 11) is 0. The minimum atomic E-state index is -1.06. The predicted octanol–water partition coefficient (Wildman–Crippen LogP) is 4.81. The number of thiazole rings is 1. The number of carbonyl (C=O) groups excluding carboxylic acids is 3. The van der Waals surface area contributed by atoms with Gasteiger partial charge in [-0.05, 0) is 48.4 Å². The van der Waals surface area contributed by atoms with Gasteiger partial charge in [0.25, 0.3) is 0 Å². The lowest BCUT2D eigenvalue weighted by molar-refractivity contribution is -0.125. The van der Waals surface area contributed by atoms with Crippen molar-refractivity contribution >= 4 is 29.4 Å². The number of rotatable bonds is 16. The maximum absolute atomic E-state index is 13.6. The number of aromatic nitrogens is 2. The predicted molar refractivity (Wildman–Crippen MR) is 178 cm³/mol. The molecule has 4 atom stereocenters. The number of alkyl carbamates (subject to hydrolysis) is 2. The number of amides is 3. The molecule has 4 rings (SSSR count). The van der Waals surface area contributed by atoms with E-state index in [1.807, 2.05) is 74.5 Å². The molecule has 0 aliphatic heterocycles. The molecule has 47 heavy (non-hydrogen) atoms. The van der Waals surface area contributed by atoms with Gasteiger partial charge in [-0.1, -0.05) is 80.6 Å². The molecule has 0 radical (unpaired) electrons. The number of hydrogen-bond donors (Lipinski definition) is 4. The maximum atomic E-state index is 13.6. The fourth-order valence-electron chi connectivity index (χ4n) is 4.96. The minimum absolute atomic E-state index is 0.0373. The molecule has 0 aliphatic carbocycles. The highest BCUT2D eigenvalue weighted by Gasteiger charge is 2.30. The zero-order valence-corrected chi connectivity index (χ0v) is 27.3. The standard InChI is InChI=1S/C35H41N5O6S/c1-24(2)32(40-35(44)45-21-27-15-9-10-16-37-27)33(42)38-28(17-25-11-5-3-6-12-25)19-31(41)30(18-26-13-7-4-8-14-26)39-34(43)46-22-29-20-36-23-47-29/h3-16,20,23-24,28,30-32,41H,17-19,21-22H2,1-2H3,(H,38,42)(H,39,43)(H,40,44). The zero-order chi connectivity index (χ0) is 33.4. The van der Waals surface area contributed by atoms with Crippen molar-refractivity contribution in [2.45, 2.75) is 70.6 Å². The number of nitrogens with zero attached hydrogens (tertiary/aromatic N) is 2. The smallest absolute Gasteiger partial charge is 0.408 e. The Morgan fingerprint density at radius 2 is 1.45 bits per heavy atom. The van der Waals surface area contributed by atoms with Crippen LogP contribution in [0.5, 0.6) is 0 Å². The van der Waals surface area contributed by atoms with Crippen LogP contribution in [0.15, 0.2) is 96.8 Å². The van der Waals surface area contributed by atoms with Crippen LogP contribution in [0.4, 0.5) is 9.59 Å². The second kappa shape index (κ2) is 18.4.